The lowest BCUT2D eigenvalue weighted by Crippen LogP contribution is -2.37. The van der Waals surface area contributed by atoms with Crippen LogP contribution in [0.1, 0.15) is 12.8 Å². The van der Waals surface area contributed by atoms with Crippen LogP contribution in [0.15, 0.2) is 35.2 Å². The molecular weight excluding hydrogens is 236 g/mol. The van der Waals surface area contributed by atoms with Crippen LogP contribution in [0.4, 0.5) is 0 Å². The Morgan fingerprint density at radius 2 is 1.94 bits per heavy atom. The zero-order chi connectivity index (χ0) is 12.3. The van der Waals surface area contributed by atoms with Crippen molar-refractivity contribution in [3.63, 3.8) is 0 Å². The summed E-state index contributed by atoms with van der Waals surface area (Å²) in [4.78, 5) is 0.392. The van der Waals surface area contributed by atoms with Gasteiger partial charge in [-0.05, 0) is 32.0 Å². The molecule has 0 heterocycles. The van der Waals surface area contributed by atoms with Gasteiger partial charge >= 0.3 is 0 Å². The number of nitrogens with one attached hydrogen (secondary N) is 1. The van der Waals surface area contributed by atoms with Gasteiger partial charge in [-0.3, -0.25) is 0 Å². The van der Waals surface area contributed by atoms with E-state index in [1.54, 1.807) is 28.6 Å². The van der Waals surface area contributed by atoms with E-state index in [-0.39, 0.29) is 6.04 Å². The summed E-state index contributed by atoms with van der Waals surface area (Å²) in [6.45, 7) is 1.22. The molecule has 17 heavy (non-hydrogen) atoms. The van der Waals surface area contributed by atoms with Gasteiger partial charge in [0.2, 0.25) is 10.0 Å². The SMILES string of the molecule is CNCCN(C1CC1)S(=O)(=O)c1ccccc1. The van der Waals surface area contributed by atoms with E-state index >= 15 is 0 Å². The first-order chi connectivity index (χ1) is 8.16. The van der Waals surface area contributed by atoms with E-state index in [0.29, 0.717) is 18.0 Å². The Hall–Kier alpha value is -0.910. The largest absolute Gasteiger partial charge is 0.318 e. The second kappa shape index (κ2) is 5.16. The minimum atomic E-state index is -3.32. The molecule has 5 heteroatoms. The van der Waals surface area contributed by atoms with E-state index in [1.165, 1.54) is 0 Å². The first-order valence-corrected chi connectivity index (χ1v) is 7.32. The monoisotopic (exact) mass is 254 g/mol. The molecule has 2 rings (SSSR count). The van der Waals surface area contributed by atoms with Crippen LogP contribution in [-0.4, -0.2) is 38.9 Å². The second-order valence-electron chi connectivity index (χ2n) is 4.26. The van der Waals surface area contributed by atoms with Crippen molar-refractivity contribution in [3.8, 4) is 0 Å². The molecule has 1 aromatic rings. The summed E-state index contributed by atoms with van der Waals surface area (Å²) in [5.74, 6) is 0. The Morgan fingerprint density at radius 1 is 1.29 bits per heavy atom. The van der Waals surface area contributed by atoms with Crippen molar-refractivity contribution in [3.05, 3.63) is 30.3 Å². The molecule has 0 unspecified atom stereocenters. The van der Waals surface area contributed by atoms with E-state index in [9.17, 15) is 8.42 Å². The fourth-order valence-corrected chi connectivity index (χ4v) is 3.52. The van der Waals surface area contributed by atoms with Crippen LogP contribution in [0.5, 0.6) is 0 Å². The fraction of sp³-hybridized carbons (Fsp3) is 0.500. The minimum absolute atomic E-state index is 0.202. The van der Waals surface area contributed by atoms with Gasteiger partial charge < -0.3 is 5.32 Å². The fourth-order valence-electron chi connectivity index (χ4n) is 1.81. The summed E-state index contributed by atoms with van der Waals surface area (Å²) in [6, 6.07) is 8.86. The minimum Gasteiger partial charge on any atom is -0.318 e. The summed E-state index contributed by atoms with van der Waals surface area (Å²) in [7, 11) is -1.48. The molecule has 0 saturated heterocycles. The van der Waals surface area contributed by atoms with Crippen LogP contribution in [0.2, 0.25) is 0 Å². The topological polar surface area (TPSA) is 49.4 Å². The number of sulfonamides is 1. The van der Waals surface area contributed by atoms with Crippen molar-refractivity contribution in [2.45, 2.75) is 23.8 Å². The number of nitrogens with zero attached hydrogens (tertiary/aromatic N) is 1. The van der Waals surface area contributed by atoms with Gasteiger partial charge in [0.25, 0.3) is 0 Å². The summed E-state index contributed by atoms with van der Waals surface area (Å²) in [6.07, 6.45) is 1.96. The van der Waals surface area contributed by atoms with E-state index in [1.807, 2.05) is 13.1 Å². The van der Waals surface area contributed by atoms with E-state index in [0.717, 1.165) is 12.8 Å². The Labute approximate surface area is 103 Å². The maximum Gasteiger partial charge on any atom is 0.243 e. The third kappa shape index (κ3) is 2.86. The lowest BCUT2D eigenvalue weighted by Gasteiger charge is -2.21. The number of hydrogen-bond donors (Lipinski definition) is 1. The zero-order valence-electron chi connectivity index (χ0n) is 9.96. The maximum atomic E-state index is 12.4. The average molecular weight is 254 g/mol. The highest BCUT2D eigenvalue weighted by atomic mass is 32.2. The molecular formula is C12H18N2O2S. The Kier molecular flexibility index (Phi) is 3.81. The molecule has 4 nitrogen and oxygen atoms in total. The van der Waals surface area contributed by atoms with E-state index in [4.69, 9.17) is 0 Å². The first-order valence-electron chi connectivity index (χ1n) is 5.88. The third-order valence-corrected chi connectivity index (χ3v) is 4.85. The van der Waals surface area contributed by atoms with Gasteiger partial charge in [-0.1, -0.05) is 18.2 Å². The Balaban J connectivity index is 2.22. The lowest BCUT2D eigenvalue weighted by molar-refractivity contribution is 0.402. The molecule has 1 fully saturated rings. The number of benzene rings is 1. The molecule has 0 bridgehead atoms. The molecule has 0 aliphatic heterocycles. The van der Waals surface area contributed by atoms with Gasteiger partial charge in [-0.15, -0.1) is 0 Å². The molecule has 0 radical (unpaired) electrons. The van der Waals surface area contributed by atoms with Gasteiger partial charge in [0.05, 0.1) is 4.90 Å². The molecule has 94 valence electrons. The van der Waals surface area contributed by atoms with Crippen LogP contribution in [0, 0.1) is 0 Å². The molecule has 1 aromatic carbocycles. The van der Waals surface area contributed by atoms with Crippen LogP contribution in [0.25, 0.3) is 0 Å². The van der Waals surface area contributed by atoms with Gasteiger partial charge in [-0.2, -0.15) is 4.31 Å². The molecule has 1 aliphatic rings. The number of rotatable bonds is 6. The van der Waals surface area contributed by atoms with Crippen molar-refractivity contribution >= 4 is 10.0 Å². The molecule has 0 spiro atoms. The van der Waals surface area contributed by atoms with Crippen LogP contribution in [-0.2, 0) is 10.0 Å². The van der Waals surface area contributed by atoms with E-state index < -0.39 is 10.0 Å². The number of hydrogen-bond acceptors (Lipinski definition) is 3. The highest BCUT2D eigenvalue weighted by Gasteiger charge is 2.37. The summed E-state index contributed by atoms with van der Waals surface area (Å²) >= 11 is 0. The predicted molar refractivity (Wildman–Crippen MR) is 67.3 cm³/mol. The quantitative estimate of drug-likeness (QED) is 0.826. The van der Waals surface area contributed by atoms with Gasteiger partial charge in [-0.25, -0.2) is 8.42 Å². The second-order valence-corrected chi connectivity index (χ2v) is 6.15. The van der Waals surface area contributed by atoms with Crippen LogP contribution < -0.4 is 5.32 Å². The van der Waals surface area contributed by atoms with E-state index in [2.05, 4.69) is 5.32 Å². The van der Waals surface area contributed by atoms with Crippen molar-refractivity contribution in [1.29, 1.82) is 0 Å². The van der Waals surface area contributed by atoms with Crippen LogP contribution >= 0.6 is 0 Å². The lowest BCUT2D eigenvalue weighted by atomic mass is 10.4. The number of likely N-dealkylation sites (N-methyl/N-ethyl adjacent to an activating group) is 1. The maximum absolute atomic E-state index is 12.4. The molecule has 1 saturated carbocycles. The Bertz CT molecular complexity index is 455. The third-order valence-electron chi connectivity index (χ3n) is 2.89. The normalized spacial score (nSPS) is 16.4. The van der Waals surface area contributed by atoms with Crippen molar-refractivity contribution in [2.75, 3.05) is 20.1 Å². The van der Waals surface area contributed by atoms with Gasteiger partial charge in [0.15, 0.2) is 0 Å². The zero-order valence-corrected chi connectivity index (χ0v) is 10.8. The summed E-state index contributed by atoms with van der Waals surface area (Å²) in [5.41, 5.74) is 0. The van der Waals surface area contributed by atoms with Crippen molar-refractivity contribution in [2.24, 2.45) is 0 Å². The van der Waals surface area contributed by atoms with Crippen molar-refractivity contribution in [1.82, 2.24) is 9.62 Å². The predicted octanol–water partition coefficient (Wildman–Crippen LogP) is 1.06. The van der Waals surface area contributed by atoms with Crippen LogP contribution in [0.3, 0.4) is 0 Å². The summed E-state index contributed by atoms with van der Waals surface area (Å²) < 4.78 is 26.5. The molecule has 1 aliphatic carbocycles. The molecule has 1 N–H and O–H groups in total. The van der Waals surface area contributed by atoms with Crippen molar-refractivity contribution < 1.29 is 8.42 Å². The standard InChI is InChI=1S/C12H18N2O2S/c1-13-9-10-14(11-7-8-11)17(15,16)12-5-3-2-4-6-12/h2-6,11,13H,7-10H2,1H3. The molecule has 0 aromatic heterocycles. The van der Waals surface area contributed by atoms with Gasteiger partial charge in [0, 0.05) is 19.1 Å². The first kappa shape index (κ1) is 12.5. The molecule has 0 atom stereocenters. The Morgan fingerprint density at radius 3 is 2.47 bits per heavy atom. The summed E-state index contributed by atoms with van der Waals surface area (Å²) in [5, 5.41) is 3.00. The van der Waals surface area contributed by atoms with Gasteiger partial charge in [0.1, 0.15) is 0 Å². The highest BCUT2D eigenvalue weighted by molar-refractivity contribution is 7.89. The smallest absolute Gasteiger partial charge is 0.243 e. The highest BCUT2D eigenvalue weighted by Crippen LogP contribution is 2.31. The average Bonchev–Trinajstić information content (AvgIpc) is 3.15. The molecule has 0 amide bonds.